The van der Waals surface area contributed by atoms with Crippen molar-refractivity contribution in [3.8, 4) is 0 Å². The van der Waals surface area contributed by atoms with Crippen LogP contribution in [-0.2, 0) is 19.4 Å². The van der Waals surface area contributed by atoms with Gasteiger partial charge in [-0.3, -0.25) is 9.59 Å². The number of nitrogens with one attached hydrogen (secondary N) is 1. The first-order valence-electron chi connectivity index (χ1n) is 13.8. The summed E-state index contributed by atoms with van der Waals surface area (Å²) in [5.74, 6) is -1.06. The molecule has 0 bridgehead atoms. The zero-order valence-electron chi connectivity index (χ0n) is 24.5. The Morgan fingerprint density at radius 1 is 1.07 bits per heavy atom. The van der Waals surface area contributed by atoms with Gasteiger partial charge in [0.25, 0.3) is 0 Å². The van der Waals surface area contributed by atoms with Gasteiger partial charge in [-0.2, -0.15) is 0 Å². The van der Waals surface area contributed by atoms with E-state index in [0.29, 0.717) is 23.0 Å². The molecule has 220 valence electrons. The molecular weight excluding hydrogens is 567 g/mol. The lowest BCUT2D eigenvalue weighted by Crippen LogP contribution is -2.59. The molecule has 0 aromatic heterocycles. The Bertz CT molecular complexity index is 1320. The number of rotatable bonds is 9. The van der Waals surface area contributed by atoms with Gasteiger partial charge in [0.1, 0.15) is 0 Å². The Morgan fingerprint density at radius 2 is 1.70 bits per heavy atom. The predicted octanol–water partition coefficient (Wildman–Crippen LogP) is 6.82. The maximum atomic E-state index is 14.7. The van der Waals surface area contributed by atoms with Gasteiger partial charge < -0.3 is 10.2 Å². The van der Waals surface area contributed by atoms with Gasteiger partial charge in [0, 0.05) is 35.0 Å². The number of likely N-dealkylation sites (tertiary alicyclic amines) is 1. The van der Waals surface area contributed by atoms with Crippen LogP contribution in [-0.4, -0.2) is 48.2 Å². The maximum absolute atomic E-state index is 14.7. The summed E-state index contributed by atoms with van der Waals surface area (Å²) in [5.41, 5.74) is 0.711. The fourth-order valence-electron chi connectivity index (χ4n) is 5.59. The summed E-state index contributed by atoms with van der Waals surface area (Å²) < 4.78 is 26.2. The van der Waals surface area contributed by atoms with Crippen LogP contribution >= 0.6 is 23.2 Å². The monoisotopic (exact) mass is 608 g/mol. The molecule has 1 heterocycles. The quantitative estimate of drug-likeness (QED) is 0.338. The third-order valence-electron chi connectivity index (χ3n) is 7.97. The van der Waals surface area contributed by atoms with E-state index in [9.17, 15) is 18.0 Å². The lowest BCUT2D eigenvalue weighted by Gasteiger charge is -2.53. The number of sulfone groups is 1. The van der Waals surface area contributed by atoms with Crippen molar-refractivity contribution in [1.29, 1.82) is 0 Å². The molecule has 0 spiro atoms. The lowest BCUT2D eigenvalue weighted by molar-refractivity contribution is -0.158. The van der Waals surface area contributed by atoms with Crippen LogP contribution in [0.1, 0.15) is 84.4 Å². The van der Waals surface area contributed by atoms with E-state index in [-0.39, 0.29) is 35.8 Å². The van der Waals surface area contributed by atoms with Crippen molar-refractivity contribution < 1.29 is 18.0 Å². The van der Waals surface area contributed by atoms with Gasteiger partial charge in [-0.15, -0.1) is 0 Å². The van der Waals surface area contributed by atoms with Crippen LogP contribution in [0.15, 0.2) is 48.5 Å². The number of carbonyl (C=O) groups is 2. The van der Waals surface area contributed by atoms with Crippen molar-refractivity contribution in [2.75, 3.05) is 12.3 Å². The largest absolute Gasteiger partial charge is 0.356 e. The standard InChI is InChI=1S/C31H42Cl2N2O4S/c1-8-34-27(36)18-31(7)17-25(22-10-9-11-24(33)16-22)28(21-12-14-23(32)15-13-21)35(29(31)37)26(20(2)3)19-40(38,39)30(4,5)6/h9-16,20,25-26,28H,8,17-19H2,1-7H3,(H,34,36)/t25-,26-,28-,31-/m1/s1. The molecule has 1 N–H and O–H groups in total. The van der Waals surface area contributed by atoms with E-state index in [1.807, 2.05) is 58.0 Å². The van der Waals surface area contributed by atoms with Crippen molar-refractivity contribution >= 4 is 44.9 Å². The van der Waals surface area contributed by atoms with Gasteiger partial charge in [-0.05, 0) is 75.4 Å². The number of halogens is 2. The minimum Gasteiger partial charge on any atom is -0.356 e. The zero-order chi connectivity index (χ0) is 30.0. The molecule has 1 saturated heterocycles. The molecule has 4 atom stereocenters. The molecule has 6 nitrogen and oxygen atoms in total. The first-order valence-corrected chi connectivity index (χ1v) is 16.2. The van der Waals surface area contributed by atoms with Crippen molar-refractivity contribution in [3.05, 3.63) is 69.7 Å². The Kier molecular flexibility index (Phi) is 10.1. The summed E-state index contributed by atoms with van der Waals surface area (Å²) in [6.07, 6.45) is 0.390. The van der Waals surface area contributed by atoms with Crippen molar-refractivity contribution in [2.24, 2.45) is 11.3 Å². The van der Waals surface area contributed by atoms with Gasteiger partial charge in [0.2, 0.25) is 11.8 Å². The number of hydrogen-bond acceptors (Lipinski definition) is 4. The van der Waals surface area contributed by atoms with Gasteiger partial charge in [0.05, 0.1) is 22.0 Å². The molecule has 3 rings (SSSR count). The van der Waals surface area contributed by atoms with E-state index in [4.69, 9.17) is 23.2 Å². The number of benzene rings is 2. The SMILES string of the molecule is CCNC(=O)C[C@@]1(C)C[C@H](c2cccc(Cl)c2)[C@@H](c2ccc(Cl)cc2)N([C@H](CS(=O)(=O)C(C)(C)C)C(C)C)C1=O. The van der Waals surface area contributed by atoms with E-state index in [1.165, 1.54) is 0 Å². The first-order chi connectivity index (χ1) is 18.5. The number of nitrogens with zero attached hydrogens (tertiary/aromatic N) is 1. The van der Waals surface area contributed by atoms with Crippen LogP contribution in [0, 0.1) is 11.3 Å². The summed E-state index contributed by atoms with van der Waals surface area (Å²) in [4.78, 5) is 29.3. The second-order valence-corrected chi connectivity index (χ2v) is 16.1. The molecule has 1 aliphatic rings. The zero-order valence-corrected chi connectivity index (χ0v) is 26.8. The highest BCUT2D eigenvalue weighted by Crippen LogP contribution is 2.52. The summed E-state index contributed by atoms with van der Waals surface area (Å²) in [7, 11) is -3.60. The Balaban J connectivity index is 2.30. The van der Waals surface area contributed by atoms with Crippen LogP contribution in [0.5, 0.6) is 0 Å². The fourth-order valence-corrected chi connectivity index (χ4v) is 7.41. The van der Waals surface area contributed by atoms with Crippen LogP contribution in [0.3, 0.4) is 0 Å². The maximum Gasteiger partial charge on any atom is 0.229 e. The van der Waals surface area contributed by atoms with Crippen molar-refractivity contribution in [3.63, 3.8) is 0 Å². The summed E-state index contributed by atoms with van der Waals surface area (Å²) >= 11 is 12.7. The highest BCUT2D eigenvalue weighted by atomic mass is 35.5. The molecule has 0 unspecified atom stereocenters. The Morgan fingerprint density at radius 3 is 2.23 bits per heavy atom. The molecule has 2 aromatic rings. The summed E-state index contributed by atoms with van der Waals surface area (Å²) in [6, 6.07) is 13.8. The lowest BCUT2D eigenvalue weighted by atomic mass is 9.66. The summed E-state index contributed by atoms with van der Waals surface area (Å²) in [5, 5.41) is 3.97. The van der Waals surface area contributed by atoms with Gasteiger partial charge in [-0.1, -0.05) is 68.2 Å². The van der Waals surface area contributed by atoms with Crippen molar-refractivity contribution in [2.45, 2.75) is 84.1 Å². The van der Waals surface area contributed by atoms with Gasteiger partial charge in [-0.25, -0.2) is 8.42 Å². The van der Waals surface area contributed by atoms with E-state index in [0.717, 1.165) is 11.1 Å². The topological polar surface area (TPSA) is 83.6 Å². The average Bonchev–Trinajstić information content (AvgIpc) is 2.84. The third-order valence-corrected chi connectivity index (χ3v) is 11.1. The predicted molar refractivity (Wildman–Crippen MR) is 163 cm³/mol. The molecular formula is C31H42Cl2N2O4S. The van der Waals surface area contributed by atoms with Crippen molar-refractivity contribution in [1.82, 2.24) is 10.2 Å². The Hall–Kier alpha value is -2.09. The van der Waals surface area contributed by atoms with Crippen LogP contribution in [0.2, 0.25) is 10.0 Å². The summed E-state index contributed by atoms with van der Waals surface area (Å²) in [6.45, 7) is 13.1. The molecule has 2 aromatic carbocycles. The minimum absolute atomic E-state index is 0.00257. The highest BCUT2D eigenvalue weighted by molar-refractivity contribution is 7.92. The molecule has 0 radical (unpaired) electrons. The molecule has 40 heavy (non-hydrogen) atoms. The van der Waals surface area contributed by atoms with E-state index < -0.39 is 32.1 Å². The van der Waals surface area contributed by atoms with E-state index >= 15 is 0 Å². The minimum atomic E-state index is -3.60. The molecule has 0 saturated carbocycles. The molecule has 2 amide bonds. The second-order valence-electron chi connectivity index (χ2n) is 12.5. The highest BCUT2D eigenvalue weighted by Gasteiger charge is 2.53. The van der Waals surface area contributed by atoms with Gasteiger partial charge >= 0.3 is 0 Å². The second kappa shape index (κ2) is 12.4. The van der Waals surface area contributed by atoms with Crippen LogP contribution in [0.25, 0.3) is 0 Å². The van der Waals surface area contributed by atoms with E-state index in [1.54, 1.807) is 43.9 Å². The molecule has 1 fully saturated rings. The van der Waals surface area contributed by atoms with Gasteiger partial charge in [0.15, 0.2) is 9.84 Å². The third kappa shape index (κ3) is 7.03. The number of piperidine rings is 1. The van der Waals surface area contributed by atoms with Crippen LogP contribution < -0.4 is 5.32 Å². The number of amides is 2. The molecule has 1 aliphatic heterocycles. The average molecular weight is 610 g/mol. The van der Waals surface area contributed by atoms with E-state index in [2.05, 4.69) is 5.32 Å². The fraction of sp³-hybridized carbons (Fsp3) is 0.548. The first kappa shape index (κ1) is 32.4. The van der Waals surface area contributed by atoms with Crippen LogP contribution in [0.4, 0.5) is 0 Å². The number of hydrogen-bond donors (Lipinski definition) is 1. The Labute approximate surface area is 249 Å². The molecule has 0 aliphatic carbocycles. The molecule has 9 heteroatoms. The number of carbonyl (C=O) groups excluding carboxylic acids is 2. The smallest absolute Gasteiger partial charge is 0.229 e. The normalized spacial score (nSPS) is 22.9.